The van der Waals surface area contributed by atoms with E-state index >= 15 is 0 Å². The lowest BCUT2D eigenvalue weighted by Crippen LogP contribution is -2.32. The molecule has 0 spiro atoms. The maximum absolute atomic E-state index is 5.52. The minimum absolute atomic E-state index is 0.154. The predicted molar refractivity (Wildman–Crippen MR) is 198 cm³/mol. The van der Waals surface area contributed by atoms with Crippen molar-refractivity contribution in [2.75, 3.05) is 0 Å². The van der Waals surface area contributed by atoms with Crippen LogP contribution in [0.2, 0.25) is 0 Å². The van der Waals surface area contributed by atoms with Crippen molar-refractivity contribution in [3.63, 3.8) is 0 Å². The molecule has 48 heavy (non-hydrogen) atoms. The van der Waals surface area contributed by atoms with Crippen molar-refractivity contribution >= 4 is 33.7 Å². The summed E-state index contributed by atoms with van der Waals surface area (Å²) in [7, 11) is 0. The van der Waals surface area contributed by atoms with Gasteiger partial charge in [0.1, 0.15) is 0 Å². The van der Waals surface area contributed by atoms with E-state index in [0.29, 0.717) is 0 Å². The molecule has 9 rings (SSSR count). The van der Waals surface area contributed by atoms with Crippen LogP contribution in [-0.2, 0) is 0 Å². The van der Waals surface area contributed by atoms with Gasteiger partial charge in [0.15, 0.2) is 0 Å². The molecule has 8 bridgehead atoms. The Morgan fingerprint density at radius 1 is 0.479 bits per heavy atom. The van der Waals surface area contributed by atoms with Gasteiger partial charge in [0.05, 0.1) is 17.1 Å². The van der Waals surface area contributed by atoms with E-state index in [0.717, 1.165) is 70.2 Å². The molecule has 1 saturated heterocycles. The molecule has 0 saturated carbocycles. The summed E-state index contributed by atoms with van der Waals surface area (Å²) in [4.78, 5) is 14.8. The molecule has 0 unspecified atom stereocenters. The van der Waals surface area contributed by atoms with Gasteiger partial charge in [0.2, 0.25) is 0 Å². The number of allylic oxidation sites excluding steroid dienone is 3. The van der Waals surface area contributed by atoms with E-state index in [2.05, 4.69) is 156 Å². The van der Waals surface area contributed by atoms with Crippen LogP contribution in [0.5, 0.6) is 0 Å². The van der Waals surface area contributed by atoms with Crippen molar-refractivity contribution in [1.82, 2.24) is 10.3 Å². The second-order valence-electron chi connectivity index (χ2n) is 12.9. The third-order valence-electron chi connectivity index (χ3n) is 10.0. The van der Waals surface area contributed by atoms with Crippen molar-refractivity contribution in [3.8, 4) is 0 Å². The predicted octanol–water partition coefficient (Wildman–Crippen LogP) is 7.62. The van der Waals surface area contributed by atoms with Gasteiger partial charge in [-0.3, -0.25) is 4.99 Å². The number of H-pyrrole nitrogens is 1. The van der Waals surface area contributed by atoms with Crippen LogP contribution in [0.25, 0.3) is 22.3 Å². The molecule has 232 valence electrons. The van der Waals surface area contributed by atoms with Crippen LogP contribution in [0.1, 0.15) is 47.9 Å². The van der Waals surface area contributed by atoms with Crippen LogP contribution >= 0.6 is 0 Å². The Labute approximate surface area is 281 Å². The monoisotopic (exact) mass is 620 g/mol. The SMILES string of the molecule is C1=CC2=C(c3ccccc3)[C@H]3CC[C@H](N3)C(c3ccccc3)=C3CCC(=N3)C(c3ccccc3)=c3ccc([nH]3)=C(c3ccccc3)C1=N2. The lowest BCUT2D eigenvalue weighted by atomic mass is 9.93. The third-order valence-corrected chi connectivity index (χ3v) is 10.0. The van der Waals surface area contributed by atoms with Crippen LogP contribution in [0.15, 0.2) is 167 Å². The van der Waals surface area contributed by atoms with Gasteiger partial charge in [0, 0.05) is 45.2 Å². The van der Waals surface area contributed by atoms with Crippen molar-refractivity contribution in [2.45, 2.75) is 37.8 Å². The van der Waals surface area contributed by atoms with Gasteiger partial charge in [-0.2, -0.15) is 0 Å². The minimum atomic E-state index is 0.154. The molecule has 4 heteroatoms. The van der Waals surface area contributed by atoms with Crippen molar-refractivity contribution in [3.05, 3.63) is 190 Å². The van der Waals surface area contributed by atoms with Crippen molar-refractivity contribution in [2.24, 2.45) is 9.98 Å². The number of nitrogens with one attached hydrogen (secondary N) is 2. The van der Waals surface area contributed by atoms with Gasteiger partial charge in [-0.05, 0) is 77.8 Å². The molecule has 4 nitrogen and oxygen atoms in total. The highest BCUT2D eigenvalue weighted by atomic mass is 15.0. The Morgan fingerprint density at radius 2 is 1.00 bits per heavy atom. The molecular weight excluding hydrogens is 585 g/mol. The summed E-state index contributed by atoms with van der Waals surface area (Å²) in [6, 6.07) is 47.8. The fourth-order valence-corrected chi connectivity index (χ4v) is 7.88. The van der Waals surface area contributed by atoms with E-state index in [-0.39, 0.29) is 12.1 Å². The van der Waals surface area contributed by atoms with Crippen LogP contribution in [0.4, 0.5) is 0 Å². The smallest absolute Gasteiger partial charge is 0.0737 e. The van der Waals surface area contributed by atoms with Gasteiger partial charge in [-0.1, -0.05) is 121 Å². The normalized spacial score (nSPS) is 20.4. The Morgan fingerprint density at radius 3 is 1.62 bits per heavy atom. The average Bonchev–Trinajstić information content (AvgIpc) is 3.98. The summed E-state index contributed by atoms with van der Waals surface area (Å²) in [6.45, 7) is 0. The Kier molecular flexibility index (Phi) is 7.29. The molecule has 5 heterocycles. The molecule has 1 aromatic heterocycles. The molecule has 4 aromatic carbocycles. The highest BCUT2D eigenvalue weighted by molar-refractivity contribution is 6.30. The second-order valence-corrected chi connectivity index (χ2v) is 12.9. The molecule has 4 aliphatic heterocycles. The molecule has 0 aliphatic carbocycles. The first-order valence-electron chi connectivity index (χ1n) is 17.0. The van der Waals surface area contributed by atoms with Gasteiger partial charge in [0.25, 0.3) is 0 Å². The van der Waals surface area contributed by atoms with E-state index in [9.17, 15) is 0 Å². The largest absolute Gasteiger partial charge is 0.354 e. The van der Waals surface area contributed by atoms with E-state index in [1.54, 1.807) is 0 Å². The lowest BCUT2D eigenvalue weighted by molar-refractivity contribution is 0.685. The second kappa shape index (κ2) is 12.2. The first kappa shape index (κ1) is 28.6. The summed E-state index contributed by atoms with van der Waals surface area (Å²) in [5.41, 5.74) is 13.9. The first-order chi connectivity index (χ1) is 23.8. The minimum Gasteiger partial charge on any atom is -0.354 e. The highest BCUT2D eigenvalue weighted by Gasteiger charge is 2.34. The number of hydrogen-bond donors (Lipinski definition) is 2. The topological polar surface area (TPSA) is 52.5 Å². The fraction of sp³-hybridized carbons (Fsp3) is 0.136. The van der Waals surface area contributed by atoms with Crippen molar-refractivity contribution in [1.29, 1.82) is 0 Å². The molecule has 2 atom stereocenters. The molecular formula is C44H36N4. The third kappa shape index (κ3) is 5.15. The summed E-state index contributed by atoms with van der Waals surface area (Å²) < 4.78 is 0. The standard InChI is InChI=1S/C44H36N4/c1-5-13-29(14-6-1)41-33-21-23-35(45-33)42(30-15-7-2-8-16-30)37-25-27-39(47-37)44(32-19-11-4-12-20-32)40-28-26-38(48-40)43(31-17-9-3-10-18-31)36-24-22-34(41)46-36/h1-24,37,39,46-47H,25-28H2/t37-,39+/m1/s1. The lowest BCUT2D eigenvalue weighted by Gasteiger charge is -2.22. The Balaban J connectivity index is 1.37. The summed E-state index contributed by atoms with van der Waals surface area (Å²) >= 11 is 0. The van der Waals surface area contributed by atoms with E-state index in [1.807, 2.05) is 0 Å². The molecule has 5 aromatic rings. The number of fused-ring (bicyclic) bond motifs is 6. The number of aliphatic imine (C=N–C) groups is 2. The number of aromatic amines is 1. The van der Waals surface area contributed by atoms with Crippen LogP contribution in [0, 0.1) is 0 Å². The molecule has 2 N–H and O–H groups in total. The maximum atomic E-state index is 5.52. The first-order valence-corrected chi connectivity index (χ1v) is 17.0. The summed E-state index contributed by atoms with van der Waals surface area (Å²) in [5.74, 6) is 0. The number of nitrogens with zero attached hydrogens (tertiary/aromatic N) is 2. The molecule has 1 fully saturated rings. The zero-order valence-corrected chi connectivity index (χ0v) is 26.7. The van der Waals surface area contributed by atoms with Gasteiger partial charge >= 0.3 is 0 Å². The van der Waals surface area contributed by atoms with Crippen LogP contribution in [-0.4, -0.2) is 28.5 Å². The average molecular weight is 621 g/mol. The van der Waals surface area contributed by atoms with E-state index in [1.165, 1.54) is 33.5 Å². The van der Waals surface area contributed by atoms with Crippen LogP contribution in [0.3, 0.4) is 0 Å². The number of hydrogen-bond acceptors (Lipinski definition) is 3. The van der Waals surface area contributed by atoms with Gasteiger partial charge in [-0.15, -0.1) is 0 Å². The highest BCUT2D eigenvalue weighted by Crippen LogP contribution is 2.39. The summed E-state index contributed by atoms with van der Waals surface area (Å²) in [5, 5.41) is 6.23. The Bertz CT molecular complexity index is 2290. The van der Waals surface area contributed by atoms with Gasteiger partial charge < -0.3 is 10.3 Å². The van der Waals surface area contributed by atoms with E-state index < -0.39 is 0 Å². The molecule has 0 radical (unpaired) electrons. The number of aromatic nitrogens is 1. The maximum Gasteiger partial charge on any atom is 0.0737 e. The van der Waals surface area contributed by atoms with E-state index in [4.69, 9.17) is 9.98 Å². The van der Waals surface area contributed by atoms with Gasteiger partial charge in [-0.25, -0.2) is 4.99 Å². The number of rotatable bonds is 4. The fourth-order valence-electron chi connectivity index (χ4n) is 7.88. The zero-order valence-electron chi connectivity index (χ0n) is 26.7. The Hall–Kier alpha value is -5.58. The summed E-state index contributed by atoms with van der Waals surface area (Å²) in [6.07, 6.45) is 8.26. The quantitative estimate of drug-likeness (QED) is 0.214. The van der Waals surface area contributed by atoms with Crippen LogP contribution < -0.4 is 16.0 Å². The molecule has 0 amide bonds. The van der Waals surface area contributed by atoms with Crippen molar-refractivity contribution < 1.29 is 0 Å². The number of benzene rings is 4. The zero-order chi connectivity index (χ0) is 31.9. The molecule has 4 aliphatic rings.